The number of hydrogen-bond acceptors (Lipinski definition) is 18. The molecule has 0 aliphatic carbocycles. The Morgan fingerprint density at radius 2 is 1.73 bits per heavy atom. The number of nitrogen functional groups attached to an aromatic ring is 1. The highest BCUT2D eigenvalue weighted by Crippen LogP contribution is 2.48. The van der Waals surface area contributed by atoms with Gasteiger partial charge in [-0.1, -0.05) is 51.1 Å². The van der Waals surface area contributed by atoms with Crippen LogP contribution in [-0.2, 0) is 67.4 Å². The van der Waals surface area contributed by atoms with Crippen LogP contribution in [0, 0.1) is 5.92 Å². The van der Waals surface area contributed by atoms with E-state index < -0.39 is 66.2 Å². The molecule has 0 spiro atoms. The lowest BCUT2D eigenvalue weighted by atomic mass is 9.82. The van der Waals surface area contributed by atoms with Crippen molar-refractivity contribution in [2.45, 2.75) is 90.6 Å². The van der Waals surface area contributed by atoms with Crippen molar-refractivity contribution in [3.63, 3.8) is 0 Å². The summed E-state index contributed by atoms with van der Waals surface area (Å²) in [6.45, 7) is 6.96. The molecule has 0 saturated heterocycles. The number of para-hydroxylation sites is 2. The first kappa shape index (κ1) is 54.1. The van der Waals surface area contributed by atoms with Gasteiger partial charge >= 0.3 is 12.1 Å². The van der Waals surface area contributed by atoms with Crippen molar-refractivity contribution in [3.8, 4) is 11.5 Å². The van der Waals surface area contributed by atoms with E-state index >= 15 is 0 Å². The van der Waals surface area contributed by atoms with E-state index in [2.05, 4.69) is 26.6 Å². The number of anilines is 3. The Hall–Kier alpha value is -8.70. The molecule has 1 aromatic heterocycles. The maximum absolute atomic E-state index is 13.8. The lowest BCUT2D eigenvalue weighted by molar-refractivity contribution is -0.167. The predicted molar refractivity (Wildman–Crippen MR) is 281 cm³/mol. The van der Waals surface area contributed by atoms with Crippen molar-refractivity contribution in [1.29, 1.82) is 0 Å². The molecule has 23 nitrogen and oxygen atoms in total. The zero-order valence-electron chi connectivity index (χ0n) is 43.5. The highest BCUT2D eigenvalue weighted by Gasteiger charge is 2.54. The molecule has 0 fully saturated rings. The molecule has 410 valence electrons. The molecule has 78 heavy (non-hydrogen) atoms. The lowest BCUT2D eigenvalue weighted by Crippen LogP contribution is -2.53. The van der Waals surface area contributed by atoms with Crippen molar-refractivity contribution in [2.75, 3.05) is 56.2 Å². The minimum atomic E-state index is -1.99. The van der Waals surface area contributed by atoms with Gasteiger partial charge in [-0.25, -0.2) is 14.6 Å². The van der Waals surface area contributed by atoms with Crippen molar-refractivity contribution >= 4 is 75.3 Å². The molecule has 8 N–H and O–H groups in total. The second-order valence-electron chi connectivity index (χ2n) is 19.6. The summed E-state index contributed by atoms with van der Waals surface area (Å²) in [5.74, 6) is -2.25. The number of cyclic esters (lactones) is 1. The Labute approximate surface area is 448 Å². The molecule has 0 bridgehead atoms. The number of nitrogens with two attached hydrogens (primary N) is 1. The quantitative estimate of drug-likeness (QED) is 0.0518. The molecule has 1 unspecified atom stereocenters. The maximum atomic E-state index is 13.8. The fourth-order valence-corrected chi connectivity index (χ4v) is 9.74. The fourth-order valence-electron chi connectivity index (χ4n) is 9.74. The number of esters is 1. The number of ether oxygens (including phenoxy) is 6. The summed E-state index contributed by atoms with van der Waals surface area (Å²) in [6.07, 6.45) is 2.38. The van der Waals surface area contributed by atoms with Crippen LogP contribution in [0.4, 0.5) is 21.9 Å². The van der Waals surface area contributed by atoms with Gasteiger partial charge in [0, 0.05) is 66.0 Å². The van der Waals surface area contributed by atoms with Gasteiger partial charge in [-0.2, -0.15) is 0 Å². The van der Waals surface area contributed by atoms with Gasteiger partial charge in [-0.15, -0.1) is 0 Å². The first-order valence-electron chi connectivity index (χ1n) is 25.6. The SMILES string of the molecule is CC[C@@]1(OC(=O)OCc2ccc(NC(=O)CNC(=O)[C@H](C)NC(=O)[C@@H](CC(C)C)NC(=O)CCN3COCC=CC3=O)cc2)C(=O)OCC2=C1C=C1c3nc4cc5c(cc4c(CNc4ccccc4N)c3CN1C2O)OCO5. The summed E-state index contributed by atoms with van der Waals surface area (Å²) in [7, 11) is 0. The summed E-state index contributed by atoms with van der Waals surface area (Å²) in [5.41, 5.74) is 10.4. The van der Waals surface area contributed by atoms with E-state index in [1.54, 1.807) is 60.4 Å². The topological polar surface area (TPSA) is 301 Å². The van der Waals surface area contributed by atoms with E-state index in [1.165, 1.54) is 17.9 Å². The van der Waals surface area contributed by atoms with Gasteiger partial charge in [-0.3, -0.25) is 24.0 Å². The van der Waals surface area contributed by atoms with Gasteiger partial charge in [0.25, 0.3) is 0 Å². The van der Waals surface area contributed by atoms with Crippen molar-refractivity contribution in [1.82, 2.24) is 30.7 Å². The molecule has 0 saturated carbocycles. The Bertz CT molecular complexity index is 3140. The molecule has 5 amide bonds. The summed E-state index contributed by atoms with van der Waals surface area (Å²) in [5, 5.41) is 26.7. The van der Waals surface area contributed by atoms with Crippen LogP contribution in [-0.4, -0.2) is 125 Å². The number of fused-ring (bicyclic) bond motifs is 5. The smallest absolute Gasteiger partial charge is 0.458 e. The number of amides is 5. The number of aliphatic hydroxyl groups excluding tert-OH is 1. The van der Waals surface area contributed by atoms with Crippen LogP contribution in [0.1, 0.15) is 69.3 Å². The summed E-state index contributed by atoms with van der Waals surface area (Å²) in [4.78, 5) is 99.7. The third kappa shape index (κ3) is 11.7. The average molecular weight is 1070 g/mol. The molecule has 23 heteroatoms. The number of nitrogens with one attached hydrogen (secondary N) is 5. The van der Waals surface area contributed by atoms with Crippen LogP contribution in [0.5, 0.6) is 11.5 Å². The van der Waals surface area contributed by atoms with Gasteiger partial charge in [-0.05, 0) is 73.2 Å². The molecular formula is C55H61N9O14. The van der Waals surface area contributed by atoms with Crippen LogP contribution in [0.3, 0.4) is 0 Å². The monoisotopic (exact) mass is 1070 g/mol. The van der Waals surface area contributed by atoms with E-state index in [0.29, 0.717) is 57.5 Å². The number of aliphatic hydroxyl groups is 1. The van der Waals surface area contributed by atoms with Gasteiger partial charge in [0.1, 0.15) is 32.0 Å². The molecular weight excluding hydrogens is 1010 g/mol. The van der Waals surface area contributed by atoms with Crippen molar-refractivity contribution in [3.05, 3.63) is 112 Å². The molecule has 3 aromatic carbocycles. The van der Waals surface area contributed by atoms with Gasteiger partial charge in [0.2, 0.25) is 41.9 Å². The maximum Gasteiger partial charge on any atom is 0.510 e. The minimum Gasteiger partial charge on any atom is -0.458 e. The number of pyridine rings is 1. The summed E-state index contributed by atoms with van der Waals surface area (Å²) < 4.78 is 33.8. The van der Waals surface area contributed by atoms with Crippen LogP contribution in [0.25, 0.3) is 16.6 Å². The van der Waals surface area contributed by atoms with Crippen LogP contribution < -0.4 is 41.8 Å². The zero-order valence-corrected chi connectivity index (χ0v) is 43.5. The number of carbonyl (C=O) groups is 7. The standard InChI is InChI=1S/C55H61N9O14/c1-5-55(38-21-43-49-36(25-64(43)52(70)37(38)27-74-53(55)71)35(23-57-40-10-7-6-9-39(40)56)34-20-44-45(77-29-76-44)22-41(34)62-49)78-54(72)75-26-32-12-14-33(15-13-32)60-47(66)24-58-50(68)31(4)59-51(69)42(19-30(2)3)61-46(65)16-17-63-28-73-18-8-11-48(63)67/h6-15,20-22,30-31,42,52,57,70H,5,16-19,23-29,56H2,1-4H3,(H,58,68)(H,59,69)(H,60,66)(H,61,65)/t31-,42+,52?,55-/m0/s1. The predicted octanol–water partition coefficient (Wildman–Crippen LogP) is 3.85. The minimum absolute atomic E-state index is 0.0128. The number of carbonyl (C=O) groups excluding carboxylic acids is 7. The number of rotatable bonds is 19. The molecule has 5 aliphatic heterocycles. The Balaban J connectivity index is 0.796. The van der Waals surface area contributed by atoms with Crippen LogP contribution in [0.15, 0.2) is 90.0 Å². The van der Waals surface area contributed by atoms with Crippen molar-refractivity contribution < 1.29 is 67.1 Å². The number of aromatic nitrogens is 1. The van der Waals surface area contributed by atoms with E-state index in [4.69, 9.17) is 39.1 Å². The molecule has 4 aromatic rings. The van der Waals surface area contributed by atoms with Crippen LogP contribution in [0.2, 0.25) is 0 Å². The van der Waals surface area contributed by atoms with Crippen LogP contribution >= 0.6 is 0 Å². The van der Waals surface area contributed by atoms with Gasteiger partial charge < -0.3 is 75.6 Å². The van der Waals surface area contributed by atoms with E-state index in [9.17, 15) is 38.7 Å². The highest BCUT2D eigenvalue weighted by atomic mass is 16.7. The van der Waals surface area contributed by atoms with Crippen molar-refractivity contribution in [2.24, 2.45) is 5.92 Å². The number of hydrogen-bond donors (Lipinski definition) is 7. The number of benzene rings is 3. The Kier molecular flexibility index (Phi) is 16.1. The normalized spacial score (nSPS) is 18.9. The highest BCUT2D eigenvalue weighted by molar-refractivity contribution is 5.97. The van der Waals surface area contributed by atoms with E-state index in [1.807, 2.05) is 38.1 Å². The third-order valence-electron chi connectivity index (χ3n) is 13.9. The number of nitrogens with zero attached hydrogens (tertiary/aromatic N) is 3. The van der Waals surface area contributed by atoms with Gasteiger partial charge in [0.15, 0.2) is 17.7 Å². The first-order valence-corrected chi connectivity index (χ1v) is 25.6. The molecule has 0 radical (unpaired) electrons. The second kappa shape index (κ2) is 23.3. The average Bonchev–Trinajstić information content (AvgIpc) is 4.19. The second-order valence-corrected chi connectivity index (χ2v) is 19.6. The summed E-state index contributed by atoms with van der Waals surface area (Å²) >= 11 is 0. The lowest BCUT2D eigenvalue weighted by Gasteiger charge is -2.42. The molecule has 5 aliphatic rings. The fraction of sp³-hybridized carbons (Fsp3) is 0.382. The first-order chi connectivity index (χ1) is 37.5. The van der Waals surface area contributed by atoms with Gasteiger partial charge in [0.05, 0.1) is 41.4 Å². The molecule has 6 heterocycles. The molecule has 9 rings (SSSR count). The van der Waals surface area contributed by atoms with E-state index in [0.717, 1.165) is 22.2 Å². The third-order valence-corrected chi connectivity index (χ3v) is 13.9. The zero-order chi connectivity index (χ0) is 55.3. The summed E-state index contributed by atoms with van der Waals surface area (Å²) in [6, 6.07) is 15.4. The Morgan fingerprint density at radius 3 is 2.49 bits per heavy atom. The Morgan fingerprint density at radius 1 is 0.962 bits per heavy atom. The van der Waals surface area contributed by atoms with E-state index in [-0.39, 0.29) is 83.1 Å². The largest absolute Gasteiger partial charge is 0.510 e. The molecule has 4 atom stereocenters.